The second-order valence-corrected chi connectivity index (χ2v) is 8.25. The lowest BCUT2D eigenvalue weighted by Crippen LogP contribution is -2.28. The summed E-state index contributed by atoms with van der Waals surface area (Å²) in [6.45, 7) is 0.00741. The molecule has 3 aromatic rings. The highest BCUT2D eigenvalue weighted by molar-refractivity contribution is 7.90. The zero-order valence-corrected chi connectivity index (χ0v) is 15.3. The predicted octanol–water partition coefficient (Wildman–Crippen LogP) is 2.92. The van der Waals surface area contributed by atoms with Crippen LogP contribution >= 0.6 is 0 Å². The number of aromatic nitrogens is 1. The molecule has 0 aliphatic heterocycles. The molecular formula is C19H17FN2O4S. The monoisotopic (exact) mass is 388 g/mol. The first-order chi connectivity index (χ1) is 12.8. The van der Waals surface area contributed by atoms with Crippen LogP contribution in [0.3, 0.4) is 0 Å². The fraction of sp³-hybridized carbons (Fsp3) is 0.158. The number of hydrogen-bond donors (Lipinski definition) is 1. The van der Waals surface area contributed by atoms with Gasteiger partial charge < -0.3 is 9.73 Å². The maximum atomic E-state index is 13.2. The van der Waals surface area contributed by atoms with Crippen molar-refractivity contribution in [1.29, 1.82) is 0 Å². The molecule has 0 aliphatic rings. The Morgan fingerprint density at radius 3 is 2.59 bits per heavy atom. The minimum atomic E-state index is -3.17. The van der Waals surface area contributed by atoms with E-state index in [0.717, 1.165) is 6.26 Å². The molecule has 0 spiro atoms. The number of carbonyl (C=O) groups is 1. The average Bonchev–Trinajstić information content (AvgIpc) is 3.15. The quantitative estimate of drug-likeness (QED) is 0.701. The first-order valence-corrected chi connectivity index (χ1v) is 10.2. The van der Waals surface area contributed by atoms with Gasteiger partial charge in [-0.15, -0.1) is 0 Å². The van der Waals surface area contributed by atoms with E-state index in [4.69, 9.17) is 4.42 Å². The highest BCUT2D eigenvalue weighted by atomic mass is 32.2. The van der Waals surface area contributed by atoms with E-state index in [1.807, 2.05) is 0 Å². The Hall–Kier alpha value is -3.00. The third-order valence-electron chi connectivity index (χ3n) is 3.81. The van der Waals surface area contributed by atoms with Crippen molar-refractivity contribution >= 4 is 15.7 Å². The summed E-state index contributed by atoms with van der Waals surface area (Å²) >= 11 is 0. The van der Waals surface area contributed by atoms with Crippen LogP contribution in [0.1, 0.15) is 10.4 Å². The highest BCUT2D eigenvalue weighted by Crippen LogP contribution is 2.31. The van der Waals surface area contributed by atoms with Crippen molar-refractivity contribution in [2.24, 2.45) is 0 Å². The van der Waals surface area contributed by atoms with Crippen LogP contribution in [-0.4, -0.2) is 37.9 Å². The first-order valence-electron chi connectivity index (χ1n) is 8.09. The van der Waals surface area contributed by atoms with E-state index in [9.17, 15) is 17.6 Å². The van der Waals surface area contributed by atoms with Gasteiger partial charge in [-0.2, -0.15) is 0 Å². The van der Waals surface area contributed by atoms with Crippen molar-refractivity contribution in [3.05, 3.63) is 66.3 Å². The van der Waals surface area contributed by atoms with Crippen molar-refractivity contribution in [3.8, 4) is 22.6 Å². The second kappa shape index (κ2) is 7.71. The Bertz CT molecular complexity index is 1050. The van der Waals surface area contributed by atoms with Crippen LogP contribution in [0.4, 0.5) is 4.39 Å². The Kier molecular flexibility index (Phi) is 5.36. The zero-order chi connectivity index (χ0) is 19.4. The number of rotatable bonds is 6. The summed E-state index contributed by atoms with van der Waals surface area (Å²) in [6.07, 6.45) is 4.00. The van der Waals surface area contributed by atoms with Crippen molar-refractivity contribution in [1.82, 2.24) is 10.3 Å². The van der Waals surface area contributed by atoms with E-state index < -0.39 is 15.7 Å². The molecular weight excluding hydrogens is 371 g/mol. The number of sulfone groups is 1. The summed E-state index contributed by atoms with van der Waals surface area (Å²) in [5.41, 5.74) is 2.05. The minimum absolute atomic E-state index is 0.00741. The second-order valence-electron chi connectivity index (χ2n) is 5.99. The van der Waals surface area contributed by atoms with Gasteiger partial charge in [-0.25, -0.2) is 12.8 Å². The highest BCUT2D eigenvalue weighted by Gasteiger charge is 2.16. The molecule has 0 radical (unpaired) electrons. The number of hydrogen-bond acceptors (Lipinski definition) is 5. The fourth-order valence-electron chi connectivity index (χ4n) is 2.50. The number of amides is 1. The van der Waals surface area contributed by atoms with E-state index in [-0.39, 0.29) is 23.7 Å². The van der Waals surface area contributed by atoms with Gasteiger partial charge in [0.1, 0.15) is 21.4 Å². The van der Waals surface area contributed by atoms with Crippen LogP contribution in [0.5, 0.6) is 0 Å². The Morgan fingerprint density at radius 1 is 1.22 bits per heavy atom. The summed E-state index contributed by atoms with van der Waals surface area (Å²) in [5.74, 6) is -0.442. The lowest BCUT2D eigenvalue weighted by Gasteiger charge is -2.10. The van der Waals surface area contributed by atoms with Gasteiger partial charge in [-0.1, -0.05) is 0 Å². The summed E-state index contributed by atoms with van der Waals surface area (Å²) in [6, 6.07) is 10.9. The van der Waals surface area contributed by atoms with Crippen LogP contribution in [0, 0.1) is 5.82 Å². The molecule has 0 aliphatic carbocycles. The van der Waals surface area contributed by atoms with Crippen LogP contribution in [0.15, 0.2) is 59.3 Å². The molecule has 6 nitrogen and oxygen atoms in total. The Balaban J connectivity index is 1.93. The van der Waals surface area contributed by atoms with Crippen LogP contribution in [-0.2, 0) is 9.84 Å². The van der Waals surface area contributed by atoms with Gasteiger partial charge in [0.2, 0.25) is 0 Å². The molecule has 0 fully saturated rings. The zero-order valence-electron chi connectivity index (χ0n) is 14.5. The Morgan fingerprint density at radius 2 is 1.96 bits per heavy atom. The summed E-state index contributed by atoms with van der Waals surface area (Å²) in [4.78, 5) is 16.7. The molecule has 0 atom stereocenters. The fourth-order valence-corrected chi connectivity index (χ4v) is 2.97. The van der Waals surface area contributed by atoms with Crippen LogP contribution < -0.4 is 5.32 Å². The molecule has 0 saturated carbocycles. The molecule has 1 N–H and O–H groups in total. The van der Waals surface area contributed by atoms with E-state index in [2.05, 4.69) is 10.3 Å². The topological polar surface area (TPSA) is 89.3 Å². The Labute approximate surface area is 156 Å². The number of nitrogens with one attached hydrogen (secondary N) is 1. The molecule has 0 unspecified atom stereocenters. The van der Waals surface area contributed by atoms with Gasteiger partial charge in [-0.3, -0.25) is 9.78 Å². The number of furan rings is 1. The number of halogens is 1. The van der Waals surface area contributed by atoms with Gasteiger partial charge in [0.25, 0.3) is 5.91 Å². The van der Waals surface area contributed by atoms with Crippen molar-refractivity contribution < 1.29 is 22.0 Å². The van der Waals surface area contributed by atoms with E-state index >= 15 is 0 Å². The summed E-state index contributed by atoms with van der Waals surface area (Å²) in [5, 5.41) is 2.56. The van der Waals surface area contributed by atoms with Gasteiger partial charge in [0.05, 0.1) is 23.3 Å². The van der Waals surface area contributed by atoms with Crippen LogP contribution in [0.2, 0.25) is 0 Å². The van der Waals surface area contributed by atoms with Crippen LogP contribution in [0.25, 0.3) is 22.6 Å². The predicted molar refractivity (Wildman–Crippen MR) is 99.4 cm³/mol. The van der Waals surface area contributed by atoms with E-state index in [1.54, 1.807) is 30.3 Å². The van der Waals surface area contributed by atoms with E-state index in [0.29, 0.717) is 22.6 Å². The third-order valence-corrected chi connectivity index (χ3v) is 4.76. The molecule has 1 aromatic carbocycles. The summed E-state index contributed by atoms with van der Waals surface area (Å²) < 4.78 is 41.0. The number of carbonyl (C=O) groups excluding carboxylic acids is 1. The third kappa shape index (κ3) is 4.79. The van der Waals surface area contributed by atoms with Gasteiger partial charge >= 0.3 is 0 Å². The van der Waals surface area contributed by atoms with E-state index in [1.165, 1.54) is 24.6 Å². The maximum absolute atomic E-state index is 13.2. The van der Waals surface area contributed by atoms with Gasteiger partial charge in [0.15, 0.2) is 0 Å². The average molecular weight is 388 g/mol. The summed E-state index contributed by atoms with van der Waals surface area (Å²) in [7, 11) is -3.17. The van der Waals surface area contributed by atoms with Crippen molar-refractivity contribution in [2.45, 2.75) is 0 Å². The number of nitrogens with zero attached hydrogens (tertiary/aromatic N) is 1. The van der Waals surface area contributed by atoms with Gasteiger partial charge in [0, 0.05) is 30.1 Å². The lowest BCUT2D eigenvalue weighted by molar-refractivity contribution is 0.0956. The molecule has 2 heterocycles. The standard InChI is InChI=1S/C19H17FN2O4S/c1-27(24,25)10-8-21-19(23)14-11-16(17-3-2-9-26-17)18(22-12-14)13-4-6-15(20)7-5-13/h2-7,9,11-12H,8,10H2,1H3,(H,21,23). The van der Waals surface area contributed by atoms with Gasteiger partial charge in [-0.05, 0) is 42.5 Å². The minimum Gasteiger partial charge on any atom is -0.464 e. The molecule has 0 bridgehead atoms. The molecule has 1 amide bonds. The smallest absolute Gasteiger partial charge is 0.252 e. The molecule has 8 heteroatoms. The number of benzene rings is 1. The largest absolute Gasteiger partial charge is 0.464 e. The maximum Gasteiger partial charge on any atom is 0.252 e. The molecule has 3 rings (SSSR count). The van der Waals surface area contributed by atoms with Crippen molar-refractivity contribution in [2.75, 3.05) is 18.6 Å². The lowest BCUT2D eigenvalue weighted by atomic mass is 10.0. The molecule has 140 valence electrons. The first kappa shape index (κ1) is 18.8. The molecule has 2 aromatic heterocycles. The molecule has 27 heavy (non-hydrogen) atoms. The molecule has 0 saturated heterocycles. The van der Waals surface area contributed by atoms with Crippen molar-refractivity contribution in [3.63, 3.8) is 0 Å². The SMILES string of the molecule is CS(=O)(=O)CCNC(=O)c1cnc(-c2ccc(F)cc2)c(-c2ccco2)c1. The number of pyridine rings is 1. The normalized spacial score (nSPS) is 11.3.